The number of benzene rings is 1. The fraction of sp³-hybridized carbons (Fsp3) is 0.455. The molecule has 0 saturated heterocycles. The summed E-state index contributed by atoms with van der Waals surface area (Å²) < 4.78 is 26.6. The van der Waals surface area contributed by atoms with Crippen molar-refractivity contribution in [2.45, 2.75) is 18.7 Å². The van der Waals surface area contributed by atoms with Crippen LogP contribution in [0.3, 0.4) is 0 Å². The van der Waals surface area contributed by atoms with Gasteiger partial charge in [-0.2, -0.15) is 0 Å². The third-order valence-electron chi connectivity index (χ3n) is 2.77. The molecule has 0 amide bonds. The zero-order valence-corrected chi connectivity index (χ0v) is 11.9. The van der Waals surface area contributed by atoms with Crippen LogP contribution in [0.25, 0.3) is 0 Å². The standard InChI is InChI=1S/C11H17N3O4S/c1-8-6-10(14(15)16)7-11(9(8)2)19(17,18)13-5-4-12-3/h6-7,12-13H,4-5H2,1-3H3. The van der Waals surface area contributed by atoms with Crippen molar-refractivity contribution in [3.63, 3.8) is 0 Å². The van der Waals surface area contributed by atoms with Gasteiger partial charge in [-0.05, 0) is 32.0 Å². The number of hydrogen-bond acceptors (Lipinski definition) is 5. The van der Waals surface area contributed by atoms with Crippen LogP contribution in [0.2, 0.25) is 0 Å². The molecule has 8 heteroatoms. The van der Waals surface area contributed by atoms with E-state index in [2.05, 4.69) is 10.0 Å². The molecule has 0 aliphatic carbocycles. The molecule has 0 aliphatic rings. The molecular weight excluding hydrogens is 270 g/mol. The lowest BCUT2D eigenvalue weighted by molar-refractivity contribution is -0.385. The van der Waals surface area contributed by atoms with E-state index in [9.17, 15) is 18.5 Å². The minimum Gasteiger partial charge on any atom is -0.318 e. The predicted molar refractivity (Wildman–Crippen MR) is 71.7 cm³/mol. The number of hydrogen-bond donors (Lipinski definition) is 2. The third-order valence-corrected chi connectivity index (χ3v) is 4.36. The van der Waals surface area contributed by atoms with Crippen molar-refractivity contribution in [1.82, 2.24) is 10.0 Å². The fourth-order valence-corrected chi connectivity index (χ4v) is 2.95. The number of sulfonamides is 1. The van der Waals surface area contributed by atoms with Crippen LogP contribution in [0.15, 0.2) is 17.0 Å². The highest BCUT2D eigenvalue weighted by Crippen LogP contribution is 2.25. The van der Waals surface area contributed by atoms with E-state index in [1.807, 2.05) is 0 Å². The van der Waals surface area contributed by atoms with Gasteiger partial charge in [-0.15, -0.1) is 0 Å². The Morgan fingerprint density at radius 1 is 1.26 bits per heavy atom. The van der Waals surface area contributed by atoms with Crippen molar-refractivity contribution in [3.05, 3.63) is 33.4 Å². The molecule has 1 aromatic carbocycles. The van der Waals surface area contributed by atoms with Crippen molar-refractivity contribution >= 4 is 15.7 Å². The molecule has 1 aromatic rings. The van der Waals surface area contributed by atoms with Crippen molar-refractivity contribution in [2.24, 2.45) is 0 Å². The molecule has 0 bridgehead atoms. The molecule has 19 heavy (non-hydrogen) atoms. The van der Waals surface area contributed by atoms with Gasteiger partial charge in [-0.1, -0.05) is 0 Å². The summed E-state index contributed by atoms with van der Waals surface area (Å²) in [6, 6.07) is 2.45. The monoisotopic (exact) mass is 287 g/mol. The lowest BCUT2D eigenvalue weighted by Gasteiger charge is -2.11. The maximum absolute atomic E-state index is 12.1. The Hall–Kier alpha value is -1.51. The van der Waals surface area contributed by atoms with E-state index in [1.54, 1.807) is 20.9 Å². The zero-order valence-electron chi connectivity index (χ0n) is 11.1. The molecule has 0 saturated carbocycles. The summed E-state index contributed by atoms with van der Waals surface area (Å²) in [5, 5.41) is 13.6. The number of nitrogens with zero attached hydrogens (tertiary/aromatic N) is 1. The lowest BCUT2D eigenvalue weighted by Crippen LogP contribution is -2.31. The maximum atomic E-state index is 12.1. The quantitative estimate of drug-likeness (QED) is 0.456. The van der Waals surface area contributed by atoms with Gasteiger partial charge >= 0.3 is 0 Å². The number of nitro groups is 1. The summed E-state index contributed by atoms with van der Waals surface area (Å²) >= 11 is 0. The van der Waals surface area contributed by atoms with E-state index in [0.29, 0.717) is 17.7 Å². The molecule has 7 nitrogen and oxygen atoms in total. The third kappa shape index (κ3) is 3.72. The van der Waals surface area contributed by atoms with Gasteiger partial charge in [0.1, 0.15) is 0 Å². The summed E-state index contributed by atoms with van der Waals surface area (Å²) in [6.07, 6.45) is 0. The normalized spacial score (nSPS) is 11.5. The number of non-ortho nitro benzene ring substituents is 1. The first-order chi connectivity index (χ1) is 8.79. The van der Waals surface area contributed by atoms with Gasteiger partial charge in [0.25, 0.3) is 5.69 Å². The summed E-state index contributed by atoms with van der Waals surface area (Å²) in [7, 11) is -2.03. The Morgan fingerprint density at radius 2 is 1.89 bits per heavy atom. The first-order valence-electron chi connectivity index (χ1n) is 5.69. The molecule has 106 valence electrons. The fourth-order valence-electron chi connectivity index (χ4n) is 1.58. The van der Waals surface area contributed by atoms with Crippen LogP contribution >= 0.6 is 0 Å². The molecule has 0 heterocycles. The lowest BCUT2D eigenvalue weighted by atomic mass is 10.1. The van der Waals surface area contributed by atoms with Gasteiger partial charge in [0.15, 0.2) is 0 Å². The van der Waals surface area contributed by atoms with Crippen molar-refractivity contribution in [1.29, 1.82) is 0 Å². The molecular formula is C11H17N3O4S. The Balaban J connectivity index is 3.21. The molecule has 0 unspecified atom stereocenters. The molecule has 2 N–H and O–H groups in total. The Bertz CT molecular complexity index is 584. The van der Waals surface area contributed by atoms with E-state index < -0.39 is 14.9 Å². The number of likely N-dealkylation sites (N-methyl/N-ethyl adjacent to an activating group) is 1. The second-order valence-corrected chi connectivity index (χ2v) is 5.88. The van der Waals surface area contributed by atoms with Crippen LogP contribution in [0.5, 0.6) is 0 Å². The van der Waals surface area contributed by atoms with Crippen LogP contribution in [-0.4, -0.2) is 33.5 Å². The van der Waals surface area contributed by atoms with Gasteiger partial charge < -0.3 is 5.32 Å². The molecule has 0 fully saturated rings. The van der Waals surface area contributed by atoms with E-state index in [0.717, 1.165) is 6.07 Å². The van der Waals surface area contributed by atoms with E-state index in [4.69, 9.17) is 0 Å². The number of nitrogens with one attached hydrogen (secondary N) is 2. The Labute approximate surface area is 112 Å². The first kappa shape index (κ1) is 15.5. The van der Waals surface area contributed by atoms with Crippen molar-refractivity contribution in [2.75, 3.05) is 20.1 Å². The van der Waals surface area contributed by atoms with Crippen LogP contribution in [0.1, 0.15) is 11.1 Å². The maximum Gasteiger partial charge on any atom is 0.271 e. The second kappa shape index (κ2) is 6.09. The average molecular weight is 287 g/mol. The van der Waals surface area contributed by atoms with Crippen LogP contribution < -0.4 is 10.0 Å². The van der Waals surface area contributed by atoms with Gasteiger partial charge in [0.05, 0.1) is 9.82 Å². The predicted octanol–water partition coefficient (Wildman–Crippen LogP) is 0.709. The smallest absolute Gasteiger partial charge is 0.271 e. The van der Waals surface area contributed by atoms with Gasteiger partial charge in [-0.25, -0.2) is 13.1 Å². The van der Waals surface area contributed by atoms with Crippen LogP contribution in [-0.2, 0) is 10.0 Å². The van der Waals surface area contributed by atoms with E-state index >= 15 is 0 Å². The number of rotatable bonds is 6. The largest absolute Gasteiger partial charge is 0.318 e. The van der Waals surface area contributed by atoms with Crippen molar-refractivity contribution in [3.8, 4) is 0 Å². The second-order valence-electron chi connectivity index (χ2n) is 4.14. The highest BCUT2D eigenvalue weighted by Gasteiger charge is 2.21. The highest BCUT2D eigenvalue weighted by molar-refractivity contribution is 7.89. The van der Waals surface area contributed by atoms with E-state index in [-0.39, 0.29) is 17.1 Å². The first-order valence-corrected chi connectivity index (χ1v) is 7.18. The van der Waals surface area contributed by atoms with Gasteiger partial charge in [0, 0.05) is 25.2 Å². The average Bonchev–Trinajstić information content (AvgIpc) is 2.32. The summed E-state index contributed by atoms with van der Waals surface area (Å²) in [6.45, 7) is 3.98. The number of nitro benzene ring substituents is 1. The number of aryl methyl sites for hydroxylation is 1. The zero-order chi connectivity index (χ0) is 14.6. The summed E-state index contributed by atoms with van der Waals surface area (Å²) in [4.78, 5) is 10.1. The Morgan fingerprint density at radius 3 is 2.42 bits per heavy atom. The summed E-state index contributed by atoms with van der Waals surface area (Å²) in [5.41, 5.74) is 0.864. The molecule has 0 atom stereocenters. The Kier molecular flexibility index (Phi) is 4.98. The minimum atomic E-state index is -3.74. The van der Waals surface area contributed by atoms with Gasteiger partial charge in [-0.3, -0.25) is 10.1 Å². The molecule has 0 spiro atoms. The molecule has 0 radical (unpaired) electrons. The highest BCUT2D eigenvalue weighted by atomic mass is 32.2. The molecule has 0 aliphatic heterocycles. The molecule has 1 rings (SSSR count). The van der Waals surface area contributed by atoms with Crippen LogP contribution in [0.4, 0.5) is 5.69 Å². The van der Waals surface area contributed by atoms with E-state index in [1.165, 1.54) is 6.07 Å². The van der Waals surface area contributed by atoms with Crippen molar-refractivity contribution < 1.29 is 13.3 Å². The topological polar surface area (TPSA) is 101 Å². The van der Waals surface area contributed by atoms with Crippen LogP contribution in [0, 0.1) is 24.0 Å². The SMILES string of the molecule is CNCCNS(=O)(=O)c1cc([N+](=O)[O-])cc(C)c1C. The summed E-state index contributed by atoms with van der Waals surface area (Å²) in [5.74, 6) is 0. The van der Waals surface area contributed by atoms with Gasteiger partial charge in [0.2, 0.25) is 10.0 Å². The minimum absolute atomic E-state index is 0.0460. The molecule has 0 aromatic heterocycles.